The third-order valence-electron chi connectivity index (χ3n) is 2.58. The number of rotatable bonds is 1. The van der Waals surface area contributed by atoms with Crippen molar-refractivity contribution in [1.82, 2.24) is 4.40 Å². The average molecular weight is 198 g/mol. The molecule has 1 amide bonds. The summed E-state index contributed by atoms with van der Waals surface area (Å²) in [5.41, 5.74) is 4.19. The van der Waals surface area contributed by atoms with Crippen molar-refractivity contribution in [1.29, 1.82) is 0 Å². The number of carbonyl (C=O) groups is 1. The Labute approximate surface area is 86.7 Å². The van der Waals surface area contributed by atoms with Gasteiger partial charge in [-0.1, -0.05) is 6.07 Å². The van der Waals surface area contributed by atoms with Gasteiger partial charge in [-0.2, -0.15) is 0 Å². The van der Waals surface area contributed by atoms with Crippen LogP contribution in [0.4, 0.5) is 5.69 Å². The number of anilines is 1. The molecule has 3 aromatic rings. The second kappa shape index (κ2) is 2.73. The van der Waals surface area contributed by atoms with Crippen molar-refractivity contribution in [2.45, 2.75) is 6.92 Å². The molecule has 3 rings (SSSR count). The number of carbonyl (C=O) groups excluding carboxylic acids is 1. The lowest BCUT2D eigenvalue weighted by Gasteiger charge is -2.00. The van der Waals surface area contributed by atoms with Crippen LogP contribution < -0.4 is 5.32 Å². The highest BCUT2D eigenvalue weighted by molar-refractivity contribution is 5.97. The Morgan fingerprint density at radius 1 is 1.20 bits per heavy atom. The highest BCUT2D eigenvalue weighted by Gasteiger charge is 2.09. The highest BCUT2D eigenvalue weighted by atomic mass is 16.1. The number of aromatic nitrogens is 1. The molecule has 1 N–H and O–H groups in total. The van der Waals surface area contributed by atoms with E-state index in [0.29, 0.717) is 0 Å². The largest absolute Gasteiger partial charge is 0.324 e. The minimum Gasteiger partial charge on any atom is -0.324 e. The molecule has 0 fully saturated rings. The standard InChI is InChI=1S/C12H10N2O/c1-8(15)13-11-7-10-6-5-9-3-2-4-12(11)14(9)10/h2-7H,1H3,(H,13,15). The quantitative estimate of drug-likeness (QED) is 0.640. The first kappa shape index (κ1) is 8.29. The van der Waals surface area contributed by atoms with Gasteiger partial charge in [0.05, 0.1) is 11.2 Å². The Bertz CT molecular complexity index is 634. The van der Waals surface area contributed by atoms with Gasteiger partial charge in [0.15, 0.2) is 0 Å². The summed E-state index contributed by atoms with van der Waals surface area (Å²) < 4.78 is 2.13. The lowest BCUT2D eigenvalue weighted by atomic mass is 10.3. The molecule has 15 heavy (non-hydrogen) atoms. The van der Waals surface area contributed by atoms with Gasteiger partial charge in [0.1, 0.15) is 0 Å². The van der Waals surface area contributed by atoms with Gasteiger partial charge in [-0.15, -0.1) is 0 Å². The first-order valence-electron chi connectivity index (χ1n) is 4.86. The number of amides is 1. The fraction of sp³-hybridized carbons (Fsp3) is 0.0833. The van der Waals surface area contributed by atoms with E-state index in [1.807, 2.05) is 24.3 Å². The molecule has 0 atom stereocenters. The van der Waals surface area contributed by atoms with Gasteiger partial charge >= 0.3 is 0 Å². The molecule has 0 saturated heterocycles. The van der Waals surface area contributed by atoms with Gasteiger partial charge < -0.3 is 9.72 Å². The zero-order valence-electron chi connectivity index (χ0n) is 8.32. The third-order valence-corrected chi connectivity index (χ3v) is 2.58. The molecule has 3 heterocycles. The number of hydrogen-bond donors (Lipinski definition) is 1. The van der Waals surface area contributed by atoms with Crippen molar-refractivity contribution in [3.05, 3.63) is 36.4 Å². The van der Waals surface area contributed by atoms with Gasteiger partial charge in [-0.3, -0.25) is 4.79 Å². The summed E-state index contributed by atoms with van der Waals surface area (Å²) in [6.07, 6.45) is 0. The van der Waals surface area contributed by atoms with Crippen molar-refractivity contribution in [2.75, 3.05) is 5.32 Å². The summed E-state index contributed by atoms with van der Waals surface area (Å²) >= 11 is 0. The van der Waals surface area contributed by atoms with Crippen LogP contribution in [0, 0.1) is 0 Å². The highest BCUT2D eigenvalue weighted by Crippen LogP contribution is 2.27. The SMILES string of the molecule is CC(=O)Nc1cc2ccc3cccc1n32. The normalized spacial score (nSPS) is 11.3. The predicted molar refractivity (Wildman–Crippen MR) is 60.4 cm³/mol. The maximum Gasteiger partial charge on any atom is 0.221 e. The Balaban J connectivity index is 2.35. The maximum atomic E-state index is 11.0. The number of nitrogens with one attached hydrogen (secondary N) is 1. The molecule has 74 valence electrons. The predicted octanol–water partition coefficient (Wildman–Crippen LogP) is 2.49. The molecule has 3 heteroatoms. The summed E-state index contributed by atoms with van der Waals surface area (Å²) in [6, 6.07) is 12.2. The molecule has 0 aromatic carbocycles. The van der Waals surface area contributed by atoms with Crippen molar-refractivity contribution in [2.24, 2.45) is 0 Å². The molecule has 0 aliphatic heterocycles. The molecule has 0 bridgehead atoms. The topological polar surface area (TPSA) is 33.5 Å². The molecule has 0 radical (unpaired) electrons. The molecule has 3 aromatic heterocycles. The maximum absolute atomic E-state index is 11.0. The Morgan fingerprint density at radius 3 is 2.80 bits per heavy atom. The van der Waals surface area contributed by atoms with Crippen LogP contribution in [-0.4, -0.2) is 10.3 Å². The zero-order valence-corrected chi connectivity index (χ0v) is 8.32. The van der Waals surface area contributed by atoms with Crippen LogP contribution in [0.15, 0.2) is 36.4 Å². The molecule has 0 saturated carbocycles. The summed E-state index contributed by atoms with van der Waals surface area (Å²) in [7, 11) is 0. The van der Waals surface area contributed by atoms with E-state index < -0.39 is 0 Å². The summed E-state index contributed by atoms with van der Waals surface area (Å²) in [6.45, 7) is 1.52. The van der Waals surface area contributed by atoms with Crippen LogP contribution in [0.2, 0.25) is 0 Å². The second-order valence-corrected chi connectivity index (χ2v) is 3.67. The van der Waals surface area contributed by atoms with Crippen LogP contribution in [0.3, 0.4) is 0 Å². The van der Waals surface area contributed by atoms with E-state index in [-0.39, 0.29) is 5.91 Å². The molecule has 0 aliphatic rings. The fourth-order valence-electron chi connectivity index (χ4n) is 2.02. The smallest absolute Gasteiger partial charge is 0.221 e. The Morgan fingerprint density at radius 2 is 2.00 bits per heavy atom. The first-order chi connectivity index (χ1) is 7.25. The van der Waals surface area contributed by atoms with Gasteiger partial charge in [0, 0.05) is 18.0 Å². The van der Waals surface area contributed by atoms with Crippen LogP contribution in [0.25, 0.3) is 16.6 Å². The fourth-order valence-corrected chi connectivity index (χ4v) is 2.02. The second-order valence-electron chi connectivity index (χ2n) is 3.67. The van der Waals surface area contributed by atoms with Crippen molar-refractivity contribution < 1.29 is 4.79 Å². The molecule has 0 spiro atoms. The molecule has 0 unspecified atom stereocenters. The molecule has 0 aliphatic carbocycles. The van der Waals surface area contributed by atoms with Crippen LogP contribution >= 0.6 is 0 Å². The number of hydrogen-bond acceptors (Lipinski definition) is 1. The van der Waals surface area contributed by atoms with E-state index in [2.05, 4.69) is 21.9 Å². The molecular weight excluding hydrogens is 188 g/mol. The Kier molecular flexibility index (Phi) is 1.51. The monoisotopic (exact) mass is 198 g/mol. The Hall–Kier alpha value is -2.03. The van der Waals surface area contributed by atoms with E-state index in [0.717, 1.165) is 22.2 Å². The van der Waals surface area contributed by atoms with Gasteiger partial charge in [0.25, 0.3) is 0 Å². The summed E-state index contributed by atoms with van der Waals surface area (Å²) in [5, 5.41) is 2.84. The minimum absolute atomic E-state index is 0.0380. The van der Waals surface area contributed by atoms with E-state index >= 15 is 0 Å². The molecule has 3 nitrogen and oxygen atoms in total. The van der Waals surface area contributed by atoms with Crippen LogP contribution in [0.1, 0.15) is 6.92 Å². The van der Waals surface area contributed by atoms with Gasteiger partial charge in [-0.25, -0.2) is 0 Å². The van der Waals surface area contributed by atoms with E-state index in [1.54, 1.807) is 0 Å². The van der Waals surface area contributed by atoms with Gasteiger partial charge in [-0.05, 0) is 30.3 Å². The zero-order chi connectivity index (χ0) is 10.4. The average Bonchev–Trinajstić information content (AvgIpc) is 2.74. The van der Waals surface area contributed by atoms with Gasteiger partial charge in [0.2, 0.25) is 5.91 Å². The van der Waals surface area contributed by atoms with E-state index in [9.17, 15) is 4.79 Å². The lowest BCUT2D eigenvalue weighted by molar-refractivity contribution is -0.114. The molecular formula is C12H10N2O. The van der Waals surface area contributed by atoms with Crippen molar-refractivity contribution in [3.8, 4) is 0 Å². The van der Waals surface area contributed by atoms with Crippen LogP contribution in [-0.2, 0) is 4.79 Å². The van der Waals surface area contributed by atoms with E-state index in [1.165, 1.54) is 6.92 Å². The summed E-state index contributed by atoms with van der Waals surface area (Å²) in [4.78, 5) is 11.0. The number of pyridine rings is 1. The van der Waals surface area contributed by atoms with Crippen molar-refractivity contribution in [3.63, 3.8) is 0 Å². The van der Waals surface area contributed by atoms with Crippen molar-refractivity contribution >= 4 is 28.1 Å². The lowest BCUT2D eigenvalue weighted by Crippen LogP contribution is -2.05. The third kappa shape index (κ3) is 1.09. The van der Waals surface area contributed by atoms with E-state index in [4.69, 9.17) is 0 Å². The summed E-state index contributed by atoms with van der Waals surface area (Å²) in [5.74, 6) is -0.0380. The van der Waals surface area contributed by atoms with Crippen LogP contribution in [0.5, 0.6) is 0 Å². The minimum atomic E-state index is -0.0380. The first-order valence-corrected chi connectivity index (χ1v) is 4.86. The number of nitrogens with zero attached hydrogens (tertiary/aromatic N) is 1.